The quantitative estimate of drug-likeness (QED) is 0.867. The molecule has 2 atom stereocenters. The zero-order chi connectivity index (χ0) is 13.9. The van der Waals surface area contributed by atoms with Crippen LogP contribution in [0.3, 0.4) is 0 Å². The molecule has 2 unspecified atom stereocenters. The van der Waals surface area contributed by atoms with Crippen molar-refractivity contribution in [1.82, 2.24) is 10.2 Å². The largest absolute Gasteiger partial charge is 0.340 e. The maximum Gasteiger partial charge on any atom is 0.232 e. The van der Waals surface area contributed by atoms with Gasteiger partial charge in [-0.3, -0.25) is 4.79 Å². The molecule has 1 N–H and O–H groups in total. The first kappa shape index (κ1) is 16.7. The van der Waals surface area contributed by atoms with E-state index in [0.29, 0.717) is 17.8 Å². The topological polar surface area (TPSA) is 32.3 Å². The fourth-order valence-electron chi connectivity index (χ4n) is 3.12. The van der Waals surface area contributed by atoms with E-state index in [2.05, 4.69) is 29.3 Å². The summed E-state index contributed by atoms with van der Waals surface area (Å²) in [5.74, 6) is 0.843. The summed E-state index contributed by atoms with van der Waals surface area (Å²) in [6.07, 6.45) is 3.61. The van der Waals surface area contributed by atoms with Crippen molar-refractivity contribution in [3.8, 4) is 0 Å². The molecule has 2 bridgehead atoms. The van der Waals surface area contributed by atoms with Crippen LogP contribution in [0.4, 0.5) is 0 Å². The van der Waals surface area contributed by atoms with Gasteiger partial charge in [-0.2, -0.15) is 0 Å². The van der Waals surface area contributed by atoms with E-state index >= 15 is 0 Å². The van der Waals surface area contributed by atoms with Crippen molar-refractivity contribution in [3.05, 3.63) is 29.8 Å². The first-order valence-corrected chi connectivity index (χ1v) is 8.43. The molecule has 5 heteroatoms. The molecule has 0 radical (unpaired) electrons. The highest BCUT2D eigenvalue weighted by Gasteiger charge is 2.30. The second kappa shape index (κ2) is 7.52. The average Bonchev–Trinajstić information content (AvgIpc) is 2.77. The Hall–Kier alpha value is -0.710. The minimum absolute atomic E-state index is 0. The summed E-state index contributed by atoms with van der Waals surface area (Å²) in [6, 6.07) is 9.44. The van der Waals surface area contributed by atoms with Gasteiger partial charge in [-0.15, -0.1) is 24.2 Å². The van der Waals surface area contributed by atoms with E-state index in [9.17, 15) is 4.79 Å². The number of carbonyl (C=O) groups is 1. The van der Waals surface area contributed by atoms with Crippen LogP contribution in [0, 0.1) is 6.92 Å². The number of rotatable bonds is 3. The highest BCUT2D eigenvalue weighted by atomic mass is 35.5. The van der Waals surface area contributed by atoms with Gasteiger partial charge in [0.1, 0.15) is 0 Å². The molecule has 2 aliphatic heterocycles. The third kappa shape index (κ3) is 4.15. The Kier molecular flexibility index (Phi) is 5.97. The molecule has 2 aliphatic rings. The van der Waals surface area contributed by atoms with Crippen LogP contribution in [0.5, 0.6) is 0 Å². The van der Waals surface area contributed by atoms with Crippen LogP contribution in [-0.2, 0) is 4.79 Å². The van der Waals surface area contributed by atoms with E-state index in [4.69, 9.17) is 0 Å². The van der Waals surface area contributed by atoms with E-state index in [0.717, 1.165) is 19.5 Å². The molecule has 1 aromatic carbocycles. The lowest BCUT2D eigenvalue weighted by molar-refractivity contribution is -0.128. The number of benzene rings is 1. The van der Waals surface area contributed by atoms with Gasteiger partial charge in [0.15, 0.2) is 0 Å². The van der Waals surface area contributed by atoms with Crippen molar-refractivity contribution >= 4 is 30.1 Å². The molecular formula is C16H23ClN2OS. The Morgan fingerprint density at radius 2 is 2.05 bits per heavy atom. The number of thioether (sulfide) groups is 1. The molecule has 116 valence electrons. The highest BCUT2D eigenvalue weighted by molar-refractivity contribution is 8.00. The van der Waals surface area contributed by atoms with E-state index < -0.39 is 0 Å². The van der Waals surface area contributed by atoms with Crippen molar-refractivity contribution in [2.75, 3.05) is 18.8 Å². The predicted octanol–water partition coefficient (Wildman–Crippen LogP) is 2.86. The summed E-state index contributed by atoms with van der Waals surface area (Å²) in [4.78, 5) is 15.7. The standard InChI is InChI=1S/C16H22N2OS.ClH/c1-12-4-2-3-5-15(12)20-11-16(19)18-9-8-13-6-7-14(10-18)17-13;/h2-5,13-14,17H,6-11H2,1H3;1H. The fourth-order valence-corrected chi connectivity index (χ4v) is 4.05. The normalized spacial score (nSPS) is 24.3. The maximum atomic E-state index is 12.4. The number of carbonyl (C=O) groups excluding carboxylic acids is 1. The van der Waals surface area contributed by atoms with Crippen LogP contribution < -0.4 is 5.32 Å². The van der Waals surface area contributed by atoms with Gasteiger partial charge in [-0.1, -0.05) is 18.2 Å². The van der Waals surface area contributed by atoms with Crippen LogP contribution in [0.2, 0.25) is 0 Å². The summed E-state index contributed by atoms with van der Waals surface area (Å²) in [5.41, 5.74) is 1.25. The SMILES string of the molecule is Cc1ccccc1SCC(=O)N1CCC2CCC(C1)N2.Cl. The Bertz CT molecular complexity index is 497. The monoisotopic (exact) mass is 326 g/mol. The lowest BCUT2D eigenvalue weighted by Crippen LogP contribution is -2.39. The number of fused-ring (bicyclic) bond motifs is 2. The number of halogens is 1. The molecule has 2 fully saturated rings. The van der Waals surface area contributed by atoms with E-state index in [-0.39, 0.29) is 18.3 Å². The minimum atomic E-state index is 0. The molecule has 1 amide bonds. The minimum Gasteiger partial charge on any atom is -0.340 e. The smallest absolute Gasteiger partial charge is 0.232 e. The summed E-state index contributed by atoms with van der Waals surface area (Å²) in [6.45, 7) is 3.91. The van der Waals surface area contributed by atoms with Crippen LogP contribution in [-0.4, -0.2) is 41.7 Å². The number of likely N-dealkylation sites (tertiary alicyclic amines) is 1. The first-order valence-electron chi connectivity index (χ1n) is 7.44. The number of nitrogens with one attached hydrogen (secondary N) is 1. The molecule has 2 saturated heterocycles. The van der Waals surface area contributed by atoms with Crippen molar-refractivity contribution in [3.63, 3.8) is 0 Å². The number of aryl methyl sites for hydroxylation is 1. The molecule has 0 aromatic heterocycles. The van der Waals surface area contributed by atoms with Crippen LogP contribution >= 0.6 is 24.2 Å². The predicted molar refractivity (Wildman–Crippen MR) is 90.3 cm³/mol. The number of hydrogen-bond donors (Lipinski definition) is 1. The maximum absolute atomic E-state index is 12.4. The molecule has 2 heterocycles. The number of nitrogens with zero attached hydrogens (tertiary/aromatic N) is 1. The lowest BCUT2D eigenvalue weighted by atomic mass is 10.1. The lowest BCUT2D eigenvalue weighted by Gasteiger charge is -2.24. The third-order valence-corrected chi connectivity index (χ3v) is 5.48. The van der Waals surface area contributed by atoms with Crippen molar-refractivity contribution in [2.24, 2.45) is 0 Å². The first-order chi connectivity index (χ1) is 9.72. The van der Waals surface area contributed by atoms with E-state index in [1.165, 1.54) is 23.3 Å². The van der Waals surface area contributed by atoms with Gasteiger partial charge >= 0.3 is 0 Å². The zero-order valence-electron chi connectivity index (χ0n) is 12.4. The van der Waals surface area contributed by atoms with Crippen molar-refractivity contribution < 1.29 is 4.79 Å². The van der Waals surface area contributed by atoms with Gasteiger partial charge in [0.25, 0.3) is 0 Å². The van der Waals surface area contributed by atoms with Gasteiger partial charge < -0.3 is 10.2 Å². The van der Waals surface area contributed by atoms with Crippen molar-refractivity contribution in [2.45, 2.75) is 43.2 Å². The van der Waals surface area contributed by atoms with Gasteiger partial charge in [0, 0.05) is 30.1 Å². The van der Waals surface area contributed by atoms with Crippen LogP contribution in [0.25, 0.3) is 0 Å². The molecule has 3 rings (SSSR count). The van der Waals surface area contributed by atoms with Crippen LogP contribution in [0.15, 0.2) is 29.2 Å². The summed E-state index contributed by atoms with van der Waals surface area (Å²) < 4.78 is 0. The fraction of sp³-hybridized carbons (Fsp3) is 0.562. The Morgan fingerprint density at radius 3 is 2.86 bits per heavy atom. The molecule has 0 aliphatic carbocycles. The summed E-state index contributed by atoms with van der Waals surface area (Å²) in [5, 5.41) is 3.62. The Balaban J connectivity index is 0.00000161. The summed E-state index contributed by atoms with van der Waals surface area (Å²) in [7, 11) is 0. The average molecular weight is 327 g/mol. The molecule has 21 heavy (non-hydrogen) atoms. The van der Waals surface area contributed by atoms with E-state index in [1.54, 1.807) is 11.8 Å². The van der Waals surface area contributed by atoms with Crippen LogP contribution in [0.1, 0.15) is 24.8 Å². The zero-order valence-corrected chi connectivity index (χ0v) is 14.0. The molecular weight excluding hydrogens is 304 g/mol. The van der Waals surface area contributed by atoms with Crippen molar-refractivity contribution in [1.29, 1.82) is 0 Å². The molecule has 1 aromatic rings. The highest BCUT2D eigenvalue weighted by Crippen LogP contribution is 2.24. The molecule has 0 spiro atoms. The second-order valence-electron chi connectivity index (χ2n) is 5.82. The van der Waals surface area contributed by atoms with E-state index in [1.807, 2.05) is 12.1 Å². The second-order valence-corrected chi connectivity index (χ2v) is 6.84. The van der Waals surface area contributed by atoms with Gasteiger partial charge in [-0.25, -0.2) is 0 Å². The summed E-state index contributed by atoms with van der Waals surface area (Å²) >= 11 is 1.66. The van der Waals surface area contributed by atoms with Gasteiger partial charge in [0.2, 0.25) is 5.91 Å². The Labute approximate surface area is 137 Å². The Morgan fingerprint density at radius 1 is 1.29 bits per heavy atom. The third-order valence-electron chi connectivity index (χ3n) is 4.32. The van der Waals surface area contributed by atoms with Gasteiger partial charge in [-0.05, 0) is 37.8 Å². The molecule has 3 nitrogen and oxygen atoms in total. The molecule has 0 saturated carbocycles. The van der Waals surface area contributed by atoms with Gasteiger partial charge in [0.05, 0.1) is 5.75 Å². The number of amides is 1. The number of hydrogen-bond acceptors (Lipinski definition) is 3.